The number of hydrogen-bond acceptors (Lipinski definition) is 5. The highest BCUT2D eigenvalue weighted by Gasteiger charge is 2.14. The second kappa shape index (κ2) is 9.72. The Bertz CT molecular complexity index is 828. The van der Waals surface area contributed by atoms with Gasteiger partial charge in [0.05, 0.1) is 6.04 Å². The maximum absolute atomic E-state index is 12.6. The van der Waals surface area contributed by atoms with Crippen molar-refractivity contribution in [2.24, 2.45) is 0 Å². The molecular weight excluding hydrogens is 370 g/mol. The molecule has 2 aromatic heterocycles. The lowest BCUT2D eigenvalue weighted by Crippen LogP contribution is -2.27. The summed E-state index contributed by atoms with van der Waals surface area (Å²) in [6.07, 6.45) is -0.815. The fraction of sp³-hybridized carbons (Fsp3) is 0.368. The van der Waals surface area contributed by atoms with Crippen LogP contribution in [0.15, 0.2) is 30.5 Å². The number of amides is 2. The monoisotopic (exact) mass is 392 g/mol. The highest BCUT2D eigenvalue weighted by Crippen LogP contribution is 2.17. The van der Waals surface area contributed by atoms with Crippen molar-refractivity contribution < 1.29 is 23.1 Å². The summed E-state index contributed by atoms with van der Waals surface area (Å²) in [5.41, 5.74) is 1.63. The Balaban J connectivity index is 2.04. The molecule has 28 heavy (non-hydrogen) atoms. The second-order valence-electron chi connectivity index (χ2n) is 6.11. The van der Waals surface area contributed by atoms with Gasteiger partial charge in [-0.2, -0.15) is 0 Å². The van der Waals surface area contributed by atoms with Crippen LogP contribution in [0.5, 0.6) is 5.88 Å². The van der Waals surface area contributed by atoms with Gasteiger partial charge in [-0.15, -0.1) is 0 Å². The van der Waals surface area contributed by atoms with E-state index in [9.17, 15) is 18.4 Å². The van der Waals surface area contributed by atoms with Crippen molar-refractivity contribution in [1.82, 2.24) is 15.3 Å². The van der Waals surface area contributed by atoms with Crippen LogP contribution < -0.4 is 15.4 Å². The molecule has 2 amide bonds. The topological polar surface area (TPSA) is 93.2 Å². The third kappa shape index (κ3) is 6.26. The molecule has 1 unspecified atom stereocenters. The lowest BCUT2D eigenvalue weighted by molar-refractivity contribution is -0.115. The minimum absolute atomic E-state index is 0.0867. The Labute approximate surface area is 161 Å². The van der Waals surface area contributed by atoms with E-state index in [1.54, 1.807) is 32.9 Å². The van der Waals surface area contributed by atoms with Crippen LogP contribution in [-0.4, -0.2) is 34.8 Å². The number of hydrogen-bond donors (Lipinski definition) is 2. The largest absolute Gasteiger partial charge is 0.472 e. The first kappa shape index (κ1) is 21.2. The summed E-state index contributed by atoms with van der Waals surface area (Å²) in [4.78, 5) is 32.2. The molecule has 0 saturated carbocycles. The number of pyridine rings is 2. The number of aromatic nitrogens is 2. The van der Waals surface area contributed by atoms with E-state index in [1.807, 2.05) is 0 Å². The van der Waals surface area contributed by atoms with E-state index in [0.29, 0.717) is 29.1 Å². The lowest BCUT2D eigenvalue weighted by Gasteiger charge is -2.15. The average Bonchev–Trinajstić information content (AvgIpc) is 2.66. The van der Waals surface area contributed by atoms with Crippen LogP contribution in [0.1, 0.15) is 47.9 Å². The van der Waals surface area contributed by atoms with Gasteiger partial charge in [-0.25, -0.2) is 18.7 Å². The van der Waals surface area contributed by atoms with Crippen LogP contribution in [0.2, 0.25) is 0 Å². The first-order chi connectivity index (χ1) is 13.3. The maximum Gasteiger partial charge on any atom is 0.272 e. The molecule has 0 radical (unpaired) electrons. The molecule has 150 valence electrons. The lowest BCUT2D eigenvalue weighted by atomic mass is 10.1. The molecule has 0 saturated heterocycles. The molecule has 0 aliphatic rings. The molecule has 0 fully saturated rings. The van der Waals surface area contributed by atoms with Crippen LogP contribution in [-0.2, 0) is 4.79 Å². The van der Waals surface area contributed by atoms with E-state index < -0.39 is 13.0 Å². The van der Waals surface area contributed by atoms with Crippen LogP contribution in [0, 0.1) is 6.92 Å². The van der Waals surface area contributed by atoms with E-state index in [0.717, 1.165) is 0 Å². The molecule has 1 atom stereocenters. The van der Waals surface area contributed by atoms with Gasteiger partial charge in [-0.05, 0) is 31.5 Å². The zero-order chi connectivity index (χ0) is 20.7. The number of nitrogens with zero attached hydrogens (tertiary/aromatic N) is 2. The number of aryl methyl sites for hydroxylation is 1. The highest BCUT2D eigenvalue weighted by molar-refractivity contribution is 5.96. The van der Waals surface area contributed by atoms with E-state index in [2.05, 4.69) is 20.6 Å². The third-order valence-electron chi connectivity index (χ3n) is 3.77. The van der Waals surface area contributed by atoms with Crippen LogP contribution in [0.25, 0.3) is 0 Å². The number of ether oxygens (including phenoxy) is 1. The first-order valence-electron chi connectivity index (χ1n) is 8.74. The first-order valence-corrected chi connectivity index (χ1v) is 8.74. The number of nitrogens with one attached hydrogen (secondary N) is 2. The summed E-state index contributed by atoms with van der Waals surface area (Å²) < 4.78 is 29.1. The number of halogens is 2. The molecule has 2 aromatic rings. The summed E-state index contributed by atoms with van der Waals surface area (Å²) in [7, 11) is 0. The molecule has 7 nitrogen and oxygen atoms in total. The molecule has 2 rings (SSSR count). The SMILES string of the molecule is CCC(=O)Nc1cc(C(=O)NC(C)c2ccc(OCC(F)F)nc2)cc(C)n1. The molecule has 0 bridgehead atoms. The zero-order valence-electron chi connectivity index (χ0n) is 15.8. The third-order valence-corrected chi connectivity index (χ3v) is 3.77. The van der Waals surface area contributed by atoms with Gasteiger partial charge in [0.1, 0.15) is 5.82 Å². The Morgan fingerprint density at radius 2 is 2.00 bits per heavy atom. The highest BCUT2D eigenvalue weighted by atomic mass is 19.3. The van der Waals surface area contributed by atoms with Crippen LogP contribution >= 0.6 is 0 Å². The van der Waals surface area contributed by atoms with Gasteiger partial charge in [0.25, 0.3) is 12.3 Å². The van der Waals surface area contributed by atoms with E-state index in [-0.39, 0.29) is 23.7 Å². The quantitative estimate of drug-likeness (QED) is 0.719. The fourth-order valence-electron chi connectivity index (χ4n) is 2.34. The zero-order valence-corrected chi connectivity index (χ0v) is 15.8. The maximum atomic E-state index is 12.6. The van der Waals surface area contributed by atoms with Gasteiger partial charge in [0.15, 0.2) is 6.61 Å². The fourth-order valence-corrected chi connectivity index (χ4v) is 2.34. The summed E-state index contributed by atoms with van der Waals surface area (Å²) in [6.45, 7) is 4.49. The Morgan fingerprint density at radius 1 is 1.25 bits per heavy atom. The minimum atomic E-state index is -2.57. The molecule has 9 heteroatoms. The summed E-state index contributed by atoms with van der Waals surface area (Å²) in [5.74, 6) is -0.142. The van der Waals surface area contributed by atoms with E-state index >= 15 is 0 Å². The Kier molecular flexibility index (Phi) is 7.36. The number of carbonyl (C=O) groups excluding carboxylic acids is 2. The molecule has 2 heterocycles. The van der Waals surface area contributed by atoms with Gasteiger partial charge in [0, 0.05) is 29.9 Å². The number of carbonyl (C=O) groups is 2. The van der Waals surface area contributed by atoms with Crippen LogP contribution in [0.4, 0.5) is 14.6 Å². The predicted molar refractivity (Wildman–Crippen MR) is 99.5 cm³/mol. The van der Waals surface area contributed by atoms with E-state index in [4.69, 9.17) is 4.74 Å². The van der Waals surface area contributed by atoms with Crippen molar-refractivity contribution in [2.45, 2.75) is 39.7 Å². The van der Waals surface area contributed by atoms with Gasteiger partial charge >= 0.3 is 0 Å². The van der Waals surface area contributed by atoms with Gasteiger partial charge in [-0.1, -0.05) is 13.0 Å². The molecule has 0 aromatic carbocycles. The number of rotatable bonds is 8. The molecular formula is C19H22F2N4O3. The van der Waals surface area contributed by atoms with Crippen molar-refractivity contribution in [1.29, 1.82) is 0 Å². The normalized spacial score (nSPS) is 11.8. The van der Waals surface area contributed by atoms with E-state index in [1.165, 1.54) is 18.3 Å². The van der Waals surface area contributed by atoms with Gasteiger partial charge < -0.3 is 15.4 Å². The number of anilines is 1. The van der Waals surface area contributed by atoms with Gasteiger partial charge in [-0.3, -0.25) is 9.59 Å². The number of alkyl halides is 2. The smallest absolute Gasteiger partial charge is 0.272 e. The minimum Gasteiger partial charge on any atom is -0.472 e. The van der Waals surface area contributed by atoms with Crippen LogP contribution in [0.3, 0.4) is 0 Å². The van der Waals surface area contributed by atoms with Crippen molar-refractivity contribution in [3.05, 3.63) is 47.3 Å². The summed E-state index contributed by atoms with van der Waals surface area (Å²) in [5, 5.41) is 5.46. The van der Waals surface area contributed by atoms with Crippen molar-refractivity contribution in [3.63, 3.8) is 0 Å². The Hall–Kier alpha value is -3.10. The second-order valence-corrected chi connectivity index (χ2v) is 6.11. The summed E-state index contributed by atoms with van der Waals surface area (Å²) >= 11 is 0. The summed E-state index contributed by atoms with van der Waals surface area (Å²) in [6, 6.07) is 5.84. The Morgan fingerprint density at radius 3 is 2.61 bits per heavy atom. The van der Waals surface area contributed by atoms with Crippen molar-refractivity contribution in [3.8, 4) is 5.88 Å². The molecule has 0 aliphatic carbocycles. The molecule has 2 N–H and O–H groups in total. The molecule has 0 aliphatic heterocycles. The average molecular weight is 392 g/mol. The predicted octanol–water partition coefficient (Wildman–Crippen LogP) is 3.27. The van der Waals surface area contributed by atoms with Crippen molar-refractivity contribution in [2.75, 3.05) is 11.9 Å². The van der Waals surface area contributed by atoms with Crippen molar-refractivity contribution >= 4 is 17.6 Å². The van der Waals surface area contributed by atoms with Gasteiger partial charge in [0.2, 0.25) is 11.8 Å². The standard InChI is InChI=1S/C19H22F2N4O3/c1-4-17(26)25-16-8-14(7-11(2)23-16)19(27)24-12(3)13-5-6-18(22-9-13)28-10-15(20)21/h5-9,12,15H,4,10H2,1-3H3,(H,24,27)(H,23,25,26). The molecule has 0 spiro atoms.